The van der Waals surface area contributed by atoms with Crippen LogP contribution in [0.25, 0.3) is 10.2 Å². The Morgan fingerprint density at radius 2 is 1.92 bits per heavy atom. The van der Waals surface area contributed by atoms with Crippen molar-refractivity contribution in [2.45, 2.75) is 17.7 Å². The minimum absolute atomic E-state index is 0.0172. The summed E-state index contributed by atoms with van der Waals surface area (Å²) in [7, 11) is -3.93. The zero-order valence-corrected chi connectivity index (χ0v) is 21.3. The number of nitrogens with one attached hydrogen (secondary N) is 1. The fourth-order valence-corrected chi connectivity index (χ4v) is 6.61. The molecule has 0 radical (unpaired) electrons. The van der Waals surface area contributed by atoms with Crippen molar-refractivity contribution in [2.24, 2.45) is 0 Å². The predicted molar refractivity (Wildman–Crippen MR) is 141 cm³/mol. The molecule has 3 aromatic carbocycles. The molecule has 1 aromatic heterocycles. The van der Waals surface area contributed by atoms with Crippen LogP contribution in [0.2, 0.25) is 0 Å². The number of rotatable bonds is 7. The number of hydrogen-bond donors (Lipinski definition) is 1. The molecule has 4 aromatic rings. The van der Waals surface area contributed by atoms with E-state index in [4.69, 9.17) is 4.74 Å². The molecule has 1 aliphatic rings. The lowest BCUT2D eigenvalue weighted by atomic mass is 10.0. The molecule has 0 unspecified atom stereocenters. The van der Waals surface area contributed by atoms with Gasteiger partial charge in [0.05, 0.1) is 31.3 Å². The number of nitro groups is 1. The van der Waals surface area contributed by atoms with E-state index < -0.39 is 33.4 Å². The first-order chi connectivity index (χ1) is 18.2. The Balaban J connectivity index is 1.25. The van der Waals surface area contributed by atoms with E-state index in [0.29, 0.717) is 28.9 Å². The van der Waals surface area contributed by atoms with E-state index in [9.17, 15) is 28.1 Å². The molecule has 5 rings (SSSR count). The van der Waals surface area contributed by atoms with Gasteiger partial charge in [-0.15, -0.1) is 0 Å². The van der Waals surface area contributed by atoms with Crippen LogP contribution >= 0.6 is 11.3 Å². The molecule has 1 amide bonds. The molecule has 1 N–H and O–H groups in total. The van der Waals surface area contributed by atoms with E-state index >= 15 is 0 Å². The summed E-state index contributed by atoms with van der Waals surface area (Å²) in [5.41, 5.74) is 1.92. The second-order valence-electron chi connectivity index (χ2n) is 8.39. The summed E-state index contributed by atoms with van der Waals surface area (Å²) in [4.78, 5) is 39.5. The number of nitro benzene ring substituents is 1. The minimum Gasteiger partial charge on any atom is -0.452 e. The quantitative estimate of drug-likeness (QED) is 0.204. The molecular weight excluding hydrogens is 532 g/mol. The highest BCUT2D eigenvalue weighted by atomic mass is 32.2. The number of aromatic nitrogens is 1. The van der Waals surface area contributed by atoms with Crippen molar-refractivity contribution in [1.82, 2.24) is 4.98 Å². The highest BCUT2D eigenvalue weighted by Gasteiger charge is 2.29. The van der Waals surface area contributed by atoms with Crippen LogP contribution in [0.1, 0.15) is 22.3 Å². The summed E-state index contributed by atoms with van der Waals surface area (Å²) < 4.78 is 33.7. The van der Waals surface area contributed by atoms with Crippen LogP contribution in [0.3, 0.4) is 0 Å². The average Bonchev–Trinajstić information content (AvgIpc) is 3.32. The van der Waals surface area contributed by atoms with Crippen molar-refractivity contribution in [2.75, 3.05) is 22.8 Å². The highest BCUT2D eigenvalue weighted by Crippen LogP contribution is 2.32. The number of nitrogens with zero attached hydrogens (tertiary/aromatic N) is 3. The number of para-hydroxylation sites is 1. The summed E-state index contributed by atoms with van der Waals surface area (Å²) in [6.07, 6.45) is 1.46. The van der Waals surface area contributed by atoms with E-state index in [1.807, 2.05) is 12.1 Å². The van der Waals surface area contributed by atoms with E-state index in [2.05, 4.69) is 10.3 Å². The van der Waals surface area contributed by atoms with Gasteiger partial charge in [0.1, 0.15) is 0 Å². The van der Waals surface area contributed by atoms with Crippen molar-refractivity contribution in [3.63, 3.8) is 0 Å². The number of non-ortho nitro benzene ring substituents is 1. The first-order valence-electron chi connectivity index (χ1n) is 11.4. The van der Waals surface area contributed by atoms with Gasteiger partial charge in [0.25, 0.3) is 21.6 Å². The topological polar surface area (TPSA) is 149 Å². The molecule has 11 nitrogen and oxygen atoms in total. The Kier molecular flexibility index (Phi) is 6.78. The molecule has 194 valence electrons. The lowest BCUT2D eigenvalue weighted by Gasteiger charge is -2.30. The van der Waals surface area contributed by atoms with Crippen LogP contribution < -0.4 is 9.62 Å². The summed E-state index contributed by atoms with van der Waals surface area (Å²) in [6.45, 7) is -0.307. The molecule has 38 heavy (non-hydrogen) atoms. The number of carbonyl (C=O) groups is 2. The molecule has 0 bridgehead atoms. The molecule has 2 heterocycles. The van der Waals surface area contributed by atoms with Gasteiger partial charge in [-0.1, -0.05) is 35.6 Å². The number of esters is 1. The highest BCUT2D eigenvalue weighted by molar-refractivity contribution is 7.92. The number of carbonyl (C=O) groups excluding carboxylic acids is 2. The fraction of sp³-hybridized carbons (Fsp3) is 0.160. The van der Waals surface area contributed by atoms with E-state index in [1.165, 1.54) is 46.8 Å². The minimum atomic E-state index is -3.93. The second kappa shape index (κ2) is 10.2. The van der Waals surface area contributed by atoms with Crippen LogP contribution in [0.15, 0.2) is 71.6 Å². The summed E-state index contributed by atoms with van der Waals surface area (Å²) in [5.74, 6) is -1.53. The zero-order valence-electron chi connectivity index (χ0n) is 19.7. The molecule has 0 spiro atoms. The third-order valence-electron chi connectivity index (χ3n) is 5.89. The summed E-state index contributed by atoms with van der Waals surface area (Å²) in [5, 5.41) is 13.6. The van der Waals surface area contributed by atoms with Gasteiger partial charge in [-0.2, -0.15) is 0 Å². The van der Waals surface area contributed by atoms with Gasteiger partial charge >= 0.3 is 5.97 Å². The van der Waals surface area contributed by atoms with Crippen LogP contribution in [0, 0.1) is 10.1 Å². The average molecular weight is 553 g/mol. The predicted octanol–water partition coefficient (Wildman–Crippen LogP) is 4.14. The molecular formula is C25H20N4O7S2. The van der Waals surface area contributed by atoms with Gasteiger partial charge in [0.15, 0.2) is 11.7 Å². The van der Waals surface area contributed by atoms with Crippen molar-refractivity contribution >= 4 is 60.0 Å². The Hall–Kier alpha value is -4.36. The molecule has 0 atom stereocenters. The van der Waals surface area contributed by atoms with Crippen LogP contribution in [0.4, 0.5) is 16.5 Å². The fourth-order valence-electron chi connectivity index (χ4n) is 4.11. The number of hydrogen-bond acceptors (Lipinski definition) is 9. The molecule has 13 heteroatoms. The Morgan fingerprint density at radius 3 is 2.74 bits per heavy atom. The first kappa shape index (κ1) is 25.3. The van der Waals surface area contributed by atoms with E-state index in [0.717, 1.165) is 23.3 Å². The Morgan fingerprint density at radius 1 is 1.11 bits per heavy atom. The second-order valence-corrected chi connectivity index (χ2v) is 11.3. The summed E-state index contributed by atoms with van der Waals surface area (Å²) in [6, 6.07) is 16.9. The van der Waals surface area contributed by atoms with Crippen LogP contribution in [-0.4, -0.2) is 43.4 Å². The normalized spacial score (nSPS) is 13.1. The van der Waals surface area contributed by atoms with Gasteiger partial charge < -0.3 is 4.74 Å². The number of anilines is 2. The maximum atomic E-state index is 13.4. The lowest BCUT2D eigenvalue weighted by molar-refractivity contribution is -0.384. The zero-order chi connectivity index (χ0) is 26.9. The Bertz CT molecular complexity index is 1680. The number of amides is 1. The van der Waals surface area contributed by atoms with E-state index in [1.54, 1.807) is 12.1 Å². The van der Waals surface area contributed by atoms with Crippen molar-refractivity contribution in [3.8, 4) is 0 Å². The van der Waals surface area contributed by atoms with Gasteiger partial charge in [0, 0.05) is 18.7 Å². The molecule has 0 aliphatic carbocycles. The maximum Gasteiger partial charge on any atom is 0.338 e. The monoisotopic (exact) mass is 552 g/mol. The third kappa shape index (κ3) is 5.06. The number of sulfonamides is 1. The number of thiazole rings is 1. The standard InChI is InChI=1S/C25H20N4O7S2/c30-23(27-25-26-20-11-10-18(29(32)33)14-22(20)37-25)15-36-24(31)17-6-3-8-19(13-17)38(34,35)28-12-4-7-16-5-1-2-9-21(16)28/h1-3,5-6,8-11,13-14H,4,7,12,15H2,(H,26,27,30). The van der Waals surface area contributed by atoms with Crippen LogP contribution in [0.5, 0.6) is 0 Å². The smallest absolute Gasteiger partial charge is 0.338 e. The van der Waals surface area contributed by atoms with Crippen molar-refractivity contribution in [3.05, 3.63) is 88.0 Å². The first-order valence-corrected chi connectivity index (χ1v) is 13.7. The molecule has 0 saturated heterocycles. The van der Waals surface area contributed by atoms with Crippen LogP contribution in [-0.2, 0) is 26.0 Å². The SMILES string of the molecule is O=C(COC(=O)c1cccc(S(=O)(=O)N2CCCc3ccccc32)c1)Nc1nc2ccc([N+](=O)[O-])cc2s1. The largest absolute Gasteiger partial charge is 0.452 e. The number of aryl methyl sites for hydroxylation is 1. The number of benzene rings is 3. The van der Waals surface area contributed by atoms with Gasteiger partial charge in [0.2, 0.25) is 0 Å². The molecule has 0 fully saturated rings. The maximum absolute atomic E-state index is 13.4. The van der Waals surface area contributed by atoms with Gasteiger partial charge in [-0.3, -0.25) is 24.5 Å². The van der Waals surface area contributed by atoms with Gasteiger partial charge in [-0.05, 0) is 48.7 Å². The lowest BCUT2D eigenvalue weighted by Crippen LogP contribution is -2.35. The summed E-state index contributed by atoms with van der Waals surface area (Å²) >= 11 is 1.04. The van der Waals surface area contributed by atoms with Crippen molar-refractivity contribution < 1.29 is 27.7 Å². The third-order valence-corrected chi connectivity index (χ3v) is 8.63. The van der Waals surface area contributed by atoms with E-state index in [-0.39, 0.29) is 21.3 Å². The Labute approximate surface area is 220 Å². The molecule has 1 aliphatic heterocycles. The number of fused-ring (bicyclic) bond motifs is 2. The van der Waals surface area contributed by atoms with Gasteiger partial charge in [-0.25, -0.2) is 18.2 Å². The number of ether oxygens (including phenoxy) is 1. The van der Waals surface area contributed by atoms with Crippen molar-refractivity contribution in [1.29, 1.82) is 0 Å². The molecule has 0 saturated carbocycles.